The summed E-state index contributed by atoms with van der Waals surface area (Å²) in [6.07, 6.45) is 0. The number of carbonyl (C=O) groups excluding carboxylic acids is 2. The van der Waals surface area contributed by atoms with Gasteiger partial charge in [0.2, 0.25) is 6.79 Å². The molecule has 7 heteroatoms. The number of phenolic OH excluding ortho intramolecular Hbond substituents is 1. The van der Waals surface area contributed by atoms with Crippen molar-refractivity contribution in [1.29, 1.82) is 0 Å². The van der Waals surface area contributed by atoms with Gasteiger partial charge in [-0.05, 0) is 43.2 Å². The molecule has 1 aliphatic rings. The fourth-order valence-corrected chi connectivity index (χ4v) is 2.76. The van der Waals surface area contributed by atoms with Crippen LogP contribution < -0.4 is 9.47 Å². The zero-order valence-electron chi connectivity index (χ0n) is 15.2. The van der Waals surface area contributed by atoms with Gasteiger partial charge >= 0.3 is 5.97 Å². The molecule has 1 aliphatic heterocycles. The number of ether oxygens (including phenoxy) is 3. The number of aryl methyl sites for hydroxylation is 1. The van der Waals surface area contributed by atoms with E-state index in [9.17, 15) is 14.7 Å². The number of amides is 1. The molecule has 27 heavy (non-hydrogen) atoms. The van der Waals surface area contributed by atoms with Crippen LogP contribution in [0.15, 0.2) is 36.4 Å². The molecule has 7 nitrogen and oxygen atoms in total. The number of benzene rings is 2. The second-order valence-electron chi connectivity index (χ2n) is 6.14. The summed E-state index contributed by atoms with van der Waals surface area (Å²) in [5.41, 5.74) is 1.49. The SMILES string of the molecule is CCN(Cc1ccc2c(c1)OCO2)C(=O)COC(=O)c1cccc(C)c1O. The number of likely N-dealkylation sites (N-methyl/N-ethyl adjacent to an activating group) is 1. The number of aromatic hydroxyl groups is 1. The molecule has 1 heterocycles. The number of hydrogen-bond donors (Lipinski definition) is 1. The smallest absolute Gasteiger partial charge is 0.342 e. The van der Waals surface area contributed by atoms with Gasteiger partial charge in [-0.2, -0.15) is 0 Å². The number of fused-ring (bicyclic) bond motifs is 1. The lowest BCUT2D eigenvalue weighted by atomic mass is 10.1. The average molecular weight is 371 g/mol. The van der Waals surface area contributed by atoms with Gasteiger partial charge in [0.15, 0.2) is 18.1 Å². The van der Waals surface area contributed by atoms with Gasteiger partial charge in [-0.3, -0.25) is 4.79 Å². The fourth-order valence-electron chi connectivity index (χ4n) is 2.76. The van der Waals surface area contributed by atoms with Crippen LogP contribution in [0.2, 0.25) is 0 Å². The highest BCUT2D eigenvalue weighted by atomic mass is 16.7. The monoisotopic (exact) mass is 371 g/mol. The van der Waals surface area contributed by atoms with Gasteiger partial charge in [0, 0.05) is 13.1 Å². The Morgan fingerprint density at radius 3 is 2.74 bits per heavy atom. The lowest BCUT2D eigenvalue weighted by Crippen LogP contribution is -2.34. The molecule has 0 aromatic heterocycles. The van der Waals surface area contributed by atoms with Crippen LogP contribution in [0.5, 0.6) is 17.2 Å². The summed E-state index contributed by atoms with van der Waals surface area (Å²) < 4.78 is 15.7. The number of nitrogens with zero attached hydrogens (tertiary/aromatic N) is 1. The second kappa shape index (κ2) is 7.99. The molecule has 1 amide bonds. The lowest BCUT2D eigenvalue weighted by molar-refractivity contribution is -0.134. The third-order valence-corrected chi connectivity index (χ3v) is 4.33. The molecule has 0 aliphatic carbocycles. The third kappa shape index (κ3) is 4.13. The summed E-state index contributed by atoms with van der Waals surface area (Å²) in [7, 11) is 0. The van der Waals surface area contributed by atoms with Crippen molar-refractivity contribution in [2.24, 2.45) is 0 Å². The summed E-state index contributed by atoms with van der Waals surface area (Å²) in [5, 5.41) is 9.94. The van der Waals surface area contributed by atoms with Gasteiger partial charge in [-0.15, -0.1) is 0 Å². The van der Waals surface area contributed by atoms with Crippen molar-refractivity contribution < 1.29 is 28.9 Å². The quantitative estimate of drug-likeness (QED) is 0.786. The standard InChI is InChI=1S/C20H21NO6/c1-3-21(10-14-7-8-16-17(9-14)27-12-26-16)18(22)11-25-20(24)15-6-4-5-13(2)19(15)23/h4-9,23H,3,10-12H2,1-2H3. The van der Waals surface area contributed by atoms with Gasteiger partial charge in [0.25, 0.3) is 5.91 Å². The number of hydrogen-bond acceptors (Lipinski definition) is 6. The first-order chi connectivity index (χ1) is 13.0. The van der Waals surface area contributed by atoms with Crippen molar-refractivity contribution in [2.45, 2.75) is 20.4 Å². The van der Waals surface area contributed by atoms with Crippen LogP contribution in [0.25, 0.3) is 0 Å². The van der Waals surface area contributed by atoms with Crippen molar-refractivity contribution in [3.63, 3.8) is 0 Å². The molecule has 0 saturated carbocycles. The van der Waals surface area contributed by atoms with E-state index in [0.717, 1.165) is 5.56 Å². The highest BCUT2D eigenvalue weighted by Crippen LogP contribution is 2.32. The fraction of sp³-hybridized carbons (Fsp3) is 0.300. The van der Waals surface area contributed by atoms with E-state index in [1.165, 1.54) is 6.07 Å². The van der Waals surface area contributed by atoms with Crippen LogP contribution in [0.3, 0.4) is 0 Å². The molecule has 0 atom stereocenters. The average Bonchev–Trinajstić information content (AvgIpc) is 3.13. The van der Waals surface area contributed by atoms with Gasteiger partial charge in [0.05, 0.1) is 0 Å². The van der Waals surface area contributed by atoms with E-state index in [4.69, 9.17) is 14.2 Å². The Balaban J connectivity index is 1.60. The number of para-hydroxylation sites is 1. The molecule has 3 rings (SSSR count). The van der Waals surface area contributed by atoms with Crippen LogP contribution in [0, 0.1) is 6.92 Å². The first-order valence-corrected chi connectivity index (χ1v) is 8.61. The molecule has 0 fully saturated rings. The van der Waals surface area contributed by atoms with E-state index >= 15 is 0 Å². The molecule has 142 valence electrons. The van der Waals surface area contributed by atoms with E-state index in [2.05, 4.69) is 0 Å². The molecule has 0 saturated heterocycles. The van der Waals surface area contributed by atoms with E-state index in [0.29, 0.717) is 30.2 Å². The summed E-state index contributed by atoms with van der Waals surface area (Å²) in [5.74, 6) is 0.138. The molecule has 2 aromatic carbocycles. The Morgan fingerprint density at radius 1 is 1.19 bits per heavy atom. The van der Waals surface area contributed by atoms with Gasteiger partial charge in [0.1, 0.15) is 11.3 Å². The number of rotatable bonds is 6. The zero-order chi connectivity index (χ0) is 19.4. The van der Waals surface area contributed by atoms with Crippen LogP contribution in [0.4, 0.5) is 0 Å². The number of carbonyl (C=O) groups is 2. The van der Waals surface area contributed by atoms with Crippen LogP contribution in [0.1, 0.15) is 28.4 Å². The summed E-state index contributed by atoms with van der Waals surface area (Å²) in [4.78, 5) is 26.1. The minimum absolute atomic E-state index is 0.0432. The molecular weight excluding hydrogens is 350 g/mol. The molecule has 1 N–H and O–H groups in total. The van der Waals surface area contributed by atoms with Crippen molar-refractivity contribution in [3.05, 3.63) is 53.1 Å². The first-order valence-electron chi connectivity index (χ1n) is 8.61. The van der Waals surface area contributed by atoms with Crippen LogP contribution in [-0.4, -0.2) is 41.8 Å². The Hall–Kier alpha value is -3.22. The Bertz CT molecular complexity index is 864. The largest absolute Gasteiger partial charge is 0.507 e. The highest BCUT2D eigenvalue weighted by molar-refractivity contribution is 5.94. The Morgan fingerprint density at radius 2 is 1.96 bits per heavy atom. The summed E-state index contributed by atoms with van der Waals surface area (Å²) in [6.45, 7) is 4.14. The topological polar surface area (TPSA) is 85.3 Å². The molecule has 0 unspecified atom stereocenters. The maximum Gasteiger partial charge on any atom is 0.342 e. The number of phenols is 1. The van der Waals surface area contributed by atoms with Gasteiger partial charge < -0.3 is 24.2 Å². The van der Waals surface area contributed by atoms with Crippen LogP contribution in [-0.2, 0) is 16.1 Å². The number of esters is 1. The third-order valence-electron chi connectivity index (χ3n) is 4.33. The normalized spacial score (nSPS) is 11.9. The van der Waals surface area contributed by atoms with Crippen LogP contribution >= 0.6 is 0 Å². The van der Waals surface area contributed by atoms with Crippen molar-refractivity contribution in [3.8, 4) is 17.2 Å². The molecule has 0 spiro atoms. The zero-order valence-corrected chi connectivity index (χ0v) is 15.2. The summed E-state index contributed by atoms with van der Waals surface area (Å²) in [6, 6.07) is 10.3. The van der Waals surface area contributed by atoms with E-state index in [1.54, 1.807) is 30.0 Å². The molecule has 0 radical (unpaired) electrons. The molecular formula is C20H21NO6. The minimum Gasteiger partial charge on any atom is -0.507 e. The molecule has 0 bridgehead atoms. The van der Waals surface area contributed by atoms with Crippen molar-refractivity contribution in [1.82, 2.24) is 4.90 Å². The van der Waals surface area contributed by atoms with E-state index in [1.807, 2.05) is 19.1 Å². The first kappa shape index (κ1) is 18.6. The maximum atomic E-state index is 12.4. The summed E-state index contributed by atoms with van der Waals surface area (Å²) >= 11 is 0. The van der Waals surface area contributed by atoms with Crippen molar-refractivity contribution in [2.75, 3.05) is 19.9 Å². The predicted octanol–water partition coefficient (Wildman–Crippen LogP) is 2.63. The lowest BCUT2D eigenvalue weighted by Gasteiger charge is -2.21. The van der Waals surface area contributed by atoms with E-state index < -0.39 is 12.6 Å². The Kier molecular flexibility index (Phi) is 5.49. The Labute approximate surface area is 157 Å². The highest BCUT2D eigenvalue weighted by Gasteiger charge is 2.19. The molecule has 2 aromatic rings. The van der Waals surface area contributed by atoms with E-state index in [-0.39, 0.29) is 24.0 Å². The van der Waals surface area contributed by atoms with Gasteiger partial charge in [-0.25, -0.2) is 4.79 Å². The predicted molar refractivity (Wildman–Crippen MR) is 96.8 cm³/mol. The minimum atomic E-state index is -0.733. The second-order valence-corrected chi connectivity index (χ2v) is 6.14. The van der Waals surface area contributed by atoms with Gasteiger partial charge in [-0.1, -0.05) is 18.2 Å². The maximum absolute atomic E-state index is 12.4. The van der Waals surface area contributed by atoms with Crippen molar-refractivity contribution >= 4 is 11.9 Å².